The van der Waals surface area contributed by atoms with E-state index in [2.05, 4.69) is 43.8 Å². The summed E-state index contributed by atoms with van der Waals surface area (Å²) in [5.74, 6) is 0. The van der Waals surface area contributed by atoms with Gasteiger partial charge in [0.25, 0.3) is 0 Å². The zero-order valence-electron chi connectivity index (χ0n) is 7.56. The van der Waals surface area contributed by atoms with E-state index in [1.807, 2.05) is 0 Å². The molecule has 0 amide bonds. The maximum absolute atomic E-state index is 3.36. The average molecular weight is 169 g/mol. The first kappa shape index (κ1) is 8.72. The van der Waals surface area contributed by atoms with E-state index >= 15 is 0 Å². The zero-order chi connectivity index (χ0) is 8.48. The lowest BCUT2D eigenvalue weighted by Gasteiger charge is -2.26. The van der Waals surface area contributed by atoms with Crippen LogP contribution in [0, 0.1) is 5.41 Å². The number of hydrogen-bond donors (Lipinski definition) is 1. The van der Waals surface area contributed by atoms with Crippen molar-refractivity contribution >= 4 is 11.8 Å². The number of thioether (sulfide) groups is 1. The summed E-state index contributed by atoms with van der Waals surface area (Å²) in [7, 11) is 0. The predicted octanol–water partition coefficient (Wildman–Crippen LogP) is 3.07. The fourth-order valence-corrected chi connectivity index (χ4v) is 1.72. The molecule has 1 heterocycles. The quantitative estimate of drug-likeness (QED) is 0.598. The van der Waals surface area contributed by atoms with Crippen LogP contribution >= 0.6 is 11.8 Å². The maximum atomic E-state index is 3.36. The Hall–Kier alpha value is -0.370. The van der Waals surface area contributed by atoms with E-state index in [4.69, 9.17) is 0 Å². The van der Waals surface area contributed by atoms with Gasteiger partial charge in [-0.2, -0.15) is 0 Å². The normalized spacial score (nSPS) is 18.5. The summed E-state index contributed by atoms with van der Waals surface area (Å²) >= 11 is 1.75. The molecule has 0 spiro atoms. The molecule has 0 aromatic carbocycles. The zero-order valence-corrected chi connectivity index (χ0v) is 8.38. The summed E-state index contributed by atoms with van der Waals surface area (Å²) in [6, 6.07) is 0. The van der Waals surface area contributed by atoms with Gasteiger partial charge in [0.1, 0.15) is 0 Å². The predicted molar refractivity (Wildman–Crippen MR) is 52.0 cm³/mol. The topological polar surface area (TPSA) is 12.0 Å². The van der Waals surface area contributed by atoms with Crippen LogP contribution in [0.25, 0.3) is 0 Å². The Morgan fingerprint density at radius 2 is 1.91 bits per heavy atom. The third kappa shape index (κ3) is 2.29. The smallest absolute Gasteiger partial charge is 0.0270 e. The molecule has 1 aliphatic rings. The van der Waals surface area contributed by atoms with Crippen molar-refractivity contribution in [2.45, 2.75) is 27.7 Å². The minimum absolute atomic E-state index is 0.239. The molecule has 0 aromatic heterocycles. The molecule has 1 N–H and O–H groups in total. The Labute approximate surface area is 72.9 Å². The van der Waals surface area contributed by atoms with E-state index in [9.17, 15) is 0 Å². The Morgan fingerprint density at radius 1 is 1.27 bits per heavy atom. The Bertz CT molecular complexity index is 208. The summed E-state index contributed by atoms with van der Waals surface area (Å²) in [5, 5.41) is 7.65. The van der Waals surface area contributed by atoms with Crippen LogP contribution in [0.2, 0.25) is 0 Å². The van der Waals surface area contributed by atoms with E-state index in [0.29, 0.717) is 0 Å². The minimum atomic E-state index is 0.239. The highest BCUT2D eigenvalue weighted by Gasteiger charge is 2.18. The van der Waals surface area contributed by atoms with Crippen molar-refractivity contribution in [2.24, 2.45) is 5.41 Å². The average Bonchev–Trinajstić information content (AvgIpc) is 1.86. The highest BCUT2D eigenvalue weighted by molar-refractivity contribution is 8.05. The van der Waals surface area contributed by atoms with Gasteiger partial charge in [-0.15, -0.1) is 11.8 Å². The third-order valence-electron chi connectivity index (χ3n) is 1.57. The molecular weight excluding hydrogens is 154 g/mol. The van der Waals surface area contributed by atoms with Gasteiger partial charge in [0, 0.05) is 16.8 Å². The van der Waals surface area contributed by atoms with Gasteiger partial charge in [-0.25, -0.2) is 0 Å². The third-order valence-corrected chi connectivity index (χ3v) is 2.43. The fraction of sp³-hybridized carbons (Fsp3) is 0.556. The monoisotopic (exact) mass is 169 g/mol. The first-order valence-corrected chi connectivity index (χ1v) is 4.74. The molecule has 0 saturated heterocycles. The molecule has 0 fully saturated rings. The van der Waals surface area contributed by atoms with E-state index in [-0.39, 0.29) is 5.41 Å². The Balaban J connectivity index is 2.70. The summed E-state index contributed by atoms with van der Waals surface area (Å²) in [6.07, 6.45) is 0. The van der Waals surface area contributed by atoms with Gasteiger partial charge in [-0.1, -0.05) is 20.8 Å². The lowest BCUT2D eigenvalue weighted by atomic mass is 9.93. The van der Waals surface area contributed by atoms with Crippen molar-refractivity contribution < 1.29 is 0 Å². The standard InChI is InChI=1S/C9H15NS/c1-7-5-11-6-8(10-7)9(2,3)4/h5-6,10H,1-4H3. The molecule has 0 saturated carbocycles. The molecule has 2 heteroatoms. The van der Waals surface area contributed by atoms with Crippen LogP contribution in [0.3, 0.4) is 0 Å². The summed E-state index contributed by atoms with van der Waals surface area (Å²) in [5.41, 5.74) is 2.78. The number of hydrogen-bond acceptors (Lipinski definition) is 2. The summed E-state index contributed by atoms with van der Waals surface area (Å²) in [6.45, 7) is 8.73. The molecule has 0 bridgehead atoms. The highest BCUT2D eigenvalue weighted by atomic mass is 32.2. The van der Waals surface area contributed by atoms with Crippen molar-refractivity contribution in [3.05, 3.63) is 22.2 Å². The lowest BCUT2D eigenvalue weighted by molar-refractivity contribution is 0.475. The van der Waals surface area contributed by atoms with Gasteiger partial charge in [-0.05, 0) is 17.7 Å². The van der Waals surface area contributed by atoms with Gasteiger partial charge in [0.15, 0.2) is 0 Å². The van der Waals surface area contributed by atoms with Gasteiger partial charge >= 0.3 is 0 Å². The van der Waals surface area contributed by atoms with Crippen LogP contribution < -0.4 is 5.32 Å². The molecule has 62 valence electrons. The molecular formula is C9H15NS. The SMILES string of the molecule is CC1=CSC=C(C(C)(C)C)N1. The van der Waals surface area contributed by atoms with Crippen LogP contribution in [0.15, 0.2) is 22.2 Å². The van der Waals surface area contributed by atoms with Gasteiger partial charge in [0.2, 0.25) is 0 Å². The second-order valence-electron chi connectivity index (χ2n) is 3.84. The largest absolute Gasteiger partial charge is 0.361 e. The number of nitrogens with one attached hydrogen (secondary N) is 1. The lowest BCUT2D eigenvalue weighted by Crippen LogP contribution is -2.23. The molecule has 0 aromatic rings. The van der Waals surface area contributed by atoms with Crippen molar-refractivity contribution in [1.82, 2.24) is 5.32 Å². The van der Waals surface area contributed by atoms with Crippen LogP contribution in [-0.2, 0) is 0 Å². The molecule has 1 aliphatic heterocycles. The summed E-state index contributed by atoms with van der Waals surface area (Å²) in [4.78, 5) is 0. The highest BCUT2D eigenvalue weighted by Crippen LogP contribution is 2.29. The first-order valence-electron chi connectivity index (χ1n) is 3.80. The van der Waals surface area contributed by atoms with Crippen molar-refractivity contribution in [3.63, 3.8) is 0 Å². The van der Waals surface area contributed by atoms with Crippen LogP contribution in [0.1, 0.15) is 27.7 Å². The molecule has 11 heavy (non-hydrogen) atoms. The summed E-state index contributed by atoms with van der Waals surface area (Å²) < 4.78 is 0. The van der Waals surface area contributed by atoms with Gasteiger partial charge < -0.3 is 5.32 Å². The second-order valence-corrected chi connectivity index (χ2v) is 4.59. The van der Waals surface area contributed by atoms with Crippen molar-refractivity contribution in [1.29, 1.82) is 0 Å². The second kappa shape index (κ2) is 2.94. The van der Waals surface area contributed by atoms with E-state index < -0.39 is 0 Å². The van der Waals surface area contributed by atoms with E-state index in [0.717, 1.165) is 0 Å². The minimum Gasteiger partial charge on any atom is -0.361 e. The van der Waals surface area contributed by atoms with Crippen LogP contribution in [0.5, 0.6) is 0 Å². The fourth-order valence-electron chi connectivity index (χ4n) is 0.840. The van der Waals surface area contributed by atoms with Crippen molar-refractivity contribution in [3.8, 4) is 0 Å². The van der Waals surface area contributed by atoms with Crippen LogP contribution in [-0.4, -0.2) is 0 Å². The van der Waals surface area contributed by atoms with E-state index in [1.54, 1.807) is 11.8 Å². The number of rotatable bonds is 0. The molecule has 0 unspecified atom stereocenters. The van der Waals surface area contributed by atoms with E-state index in [1.165, 1.54) is 11.4 Å². The molecule has 0 atom stereocenters. The van der Waals surface area contributed by atoms with Gasteiger partial charge in [-0.3, -0.25) is 0 Å². The van der Waals surface area contributed by atoms with Crippen molar-refractivity contribution in [2.75, 3.05) is 0 Å². The van der Waals surface area contributed by atoms with Crippen LogP contribution in [0.4, 0.5) is 0 Å². The molecule has 1 rings (SSSR count). The Morgan fingerprint density at radius 3 is 2.27 bits per heavy atom. The number of allylic oxidation sites excluding steroid dienone is 2. The van der Waals surface area contributed by atoms with Gasteiger partial charge in [0.05, 0.1) is 0 Å². The first-order chi connectivity index (χ1) is 5.00. The molecule has 0 radical (unpaired) electrons. The Kier molecular flexibility index (Phi) is 2.33. The molecule has 0 aliphatic carbocycles. The maximum Gasteiger partial charge on any atom is 0.0270 e. The molecule has 1 nitrogen and oxygen atoms in total.